The van der Waals surface area contributed by atoms with Gasteiger partial charge in [-0.15, -0.1) is 0 Å². The largest absolute Gasteiger partial charge is 0.497 e. The van der Waals surface area contributed by atoms with Crippen molar-refractivity contribution >= 4 is 11.5 Å². The van der Waals surface area contributed by atoms with Gasteiger partial charge in [0.15, 0.2) is 0 Å². The predicted octanol–water partition coefficient (Wildman–Crippen LogP) is 3.85. The molecule has 114 valence electrons. The summed E-state index contributed by atoms with van der Waals surface area (Å²) in [7, 11) is 1.67. The molecule has 2 heterocycles. The summed E-state index contributed by atoms with van der Waals surface area (Å²) in [5, 5.41) is 0. The molecule has 4 rings (SSSR count). The molecule has 1 aliphatic rings. The molecule has 0 saturated carbocycles. The number of hydrogen-bond donors (Lipinski definition) is 0. The fourth-order valence-corrected chi connectivity index (χ4v) is 2.99. The van der Waals surface area contributed by atoms with E-state index < -0.39 is 0 Å². The van der Waals surface area contributed by atoms with E-state index in [-0.39, 0.29) is 0 Å². The Kier molecular flexibility index (Phi) is 3.42. The van der Waals surface area contributed by atoms with Gasteiger partial charge >= 0.3 is 0 Å². The number of methoxy groups -OCH3 is 1. The van der Waals surface area contributed by atoms with Gasteiger partial charge in [0.1, 0.15) is 17.9 Å². The van der Waals surface area contributed by atoms with Crippen molar-refractivity contribution < 1.29 is 4.74 Å². The summed E-state index contributed by atoms with van der Waals surface area (Å²) in [4.78, 5) is 11.1. The Morgan fingerprint density at radius 1 is 1.00 bits per heavy atom. The normalized spacial score (nSPS) is 13.0. The molecule has 3 aromatic rings. The molecule has 0 amide bonds. The van der Waals surface area contributed by atoms with Gasteiger partial charge in [-0.2, -0.15) is 0 Å². The standard InChI is InChI=1S/C19H17N3O/c1-23-16-8-6-14(7-9-16)17-12-19(21-13-20-17)22-11-10-15-4-2-3-5-18(15)22/h2-9,12-13H,10-11H2,1H3. The monoisotopic (exact) mass is 303 g/mol. The maximum absolute atomic E-state index is 5.21. The van der Waals surface area contributed by atoms with Gasteiger partial charge in [0.2, 0.25) is 0 Å². The highest BCUT2D eigenvalue weighted by Gasteiger charge is 2.21. The third-order valence-electron chi connectivity index (χ3n) is 4.20. The quantitative estimate of drug-likeness (QED) is 0.736. The maximum Gasteiger partial charge on any atom is 0.137 e. The van der Waals surface area contributed by atoms with Crippen LogP contribution < -0.4 is 9.64 Å². The number of benzene rings is 2. The van der Waals surface area contributed by atoms with Crippen molar-refractivity contribution in [2.75, 3.05) is 18.6 Å². The van der Waals surface area contributed by atoms with Crippen LogP contribution in [-0.4, -0.2) is 23.6 Å². The van der Waals surface area contributed by atoms with Crippen molar-refractivity contribution in [1.82, 2.24) is 9.97 Å². The second kappa shape index (κ2) is 5.72. The number of hydrogen-bond acceptors (Lipinski definition) is 4. The Hall–Kier alpha value is -2.88. The molecule has 0 aliphatic carbocycles. The van der Waals surface area contributed by atoms with Crippen molar-refractivity contribution in [3.05, 3.63) is 66.5 Å². The third-order valence-corrected chi connectivity index (χ3v) is 4.20. The van der Waals surface area contributed by atoms with E-state index >= 15 is 0 Å². The molecule has 4 heteroatoms. The molecule has 1 aromatic heterocycles. The number of anilines is 2. The lowest BCUT2D eigenvalue weighted by Gasteiger charge is -2.18. The number of nitrogens with zero attached hydrogens (tertiary/aromatic N) is 3. The minimum absolute atomic E-state index is 0.844. The van der Waals surface area contributed by atoms with Crippen LogP contribution in [0, 0.1) is 0 Å². The summed E-state index contributed by atoms with van der Waals surface area (Å²) in [6, 6.07) is 18.5. The van der Waals surface area contributed by atoms with E-state index in [1.54, 1.807) is 13.4 Å². The number of fused-ring (bicyclic) bond motifs is 1. The van der Waals surface area contributed by atoms with Crippen LogP contribution in [0.25, 0.3) is 11.3 Å². The van der Waals surface area contributed by atoms with Crippen LogP contribution >= 0.6 is 0 Å². The van der Waals surface area contributed by atoms with Gasteiger partial charge in [0.05, 0.1) is 12.8 Å². The highest BCUT2D eigenvalue weighted by atomic mass is 16.5. The van der Waals surface area contributed by atoms with Gasteiger partial charge in [0, 0.05) is 23.9 Å². The van der Waals surface area contributed by atoms with Crippen molar-refractivity contribution in [1.29, 1.82) is 0 Å². The van der Waals surface area contributed by atoms with Crippen LogP contribution in [0.1, 0.15) is 5.56 Å². The minimum Gasteiger partial charge on any atom is -0.497 e. The second-order valence-electron chi connectivity index (χ2n) is 5.52. The summed E-state index contributed by atoms with van der Waals surface area (Å²) >= 11 is 0. The topological polar surface area (TPSA) is 38.2 Å². The molecule has 1 aliphatic heterocycles. The van der Waals surface area contributed by atoms with Gasteiger partial charge in [-0.1, -0.05) is 18.2 Å². The smallest absolute Gasteiger partial charge is 0.137 e. The Morgan fingerprint density at radius 3 is 2.65 bits per heavy atom. The number of aromatic nitrogens is 2. The predicted molar refractivity (Wildman–Crippen MR) is 91.2 cm³/mol. The molecule has 0 fully saturated rings. The molecule has 2 aromatic carbocycles. The molecule has 0 bridgehead atoms. The summed E-state index contributed by atoms with van der Waals surface area (Å²) < 4.78 is 5.21. The molecule has 4 nitrogen and oxygen atoms in total. The highest BCUT2D eigenvalue weighted by Crippen LogP contribution is 2.34. The number of ether oxygens (including phenoxy) is 1. The lowest BCUT2D eigenvalue weighted by atomic mass is 10.1. The van der Waals surface area contributed by atoms with Crippen LogP contribution in [0.3, 0.4) is 0 Å². The van der Waals surface area contributed by atoms with Gasteiger partial charge < -0.3 is 9.64 Å². The van der Waals surface area contributed by atoms with E-state index in [1.165, 1.54) is 11.3 Å². The third kappa shape index (κ3) is 2.52. The van der Waals surface area contributed by atoms with Gasteiger partial charge in [-0.3, -0.25) is 0 Å². The summed E-state index contributed by atoms with van der Waals surface area (Å²) in [5.41, 5.74) is 4.59. The van der Waals surface area contributed by atoms with E-state index in [1.807, 2.05) is 30.3 Å². The van der Waals surface area contributed by atoms with Crippen LogP contribution in [0.5, 0.6) is 5.75 Å². The first-order valence-corrected chi connectivity index (χ1v) is 7.67. The van der Waals surface area contributed by atoms with Crippen molar-refractivity contribution in [3.63, 3.8) is 0 Å². The zero-order valence-electron chi connectivity index (χ0n) is 12.9. The van der Waals surface area contributed by atoms with Crippen LogP contribution in [0.4, 0.5) is 11.5 Å². The van der Waals surface area contributed by atoms with Crippen LogP contribution in [0.15, 0.2) is 60.9 Å². The average Bonchev–Trinajstić information content (AvgIpc) is 3.06. The lowest BCUT2D eigenvalue weighted by Crippen LogP contribution is -2.14. The summed E-state index contributed by atoms with van der Waals surface area (Å²) in [6.07, 6.45) is 2.69. The van der Waals surface area contributed by atoms with E-state index in [4.69, 9.17) is 4.74 Å². The highest BCUT2D eigenvalue weighted by molar-refractivity contribution is 5.71. The first-order valence-electron chi connectivity index (χ1n) is 7.67. The summed E-state index contributed by atoms with van der Waals surface area (Å²) in [6.45, 7) is 0.957. The van der Waals surface area contributed by atoms with Crippen molar-refractivity contribution in [3.8, 4) is 17.0 Å². The summed E-state index contributed by atoms with van der Waals surface area (Å²) in [5.74, 6) is 1.78. The van der Waals surface area contributed by atoms with Gasteiger partial charge in [-0.05, 0) is 42.3 Å². The Balaban J connectivity index is 1.69. The molecule has 23 heavy (non-hydrogen) atoms. The molecule has 0 unspecified atom stereocenters. The molecule has 0 radical (unpaired) electrons. The fourth-order valence-electron chi connectivity index (χ4n) is 2.99. The lowest BCUT2D eigenvalue weighted by molar-refractivity contribution is 0.415. The average molecular weight is 303 g/mol. The van der Waals surface area contributed by atoms with Crippen molar-refractivity contribution in [2.24, 2.45) is 0 Å². The van der Waals surface area contributed by atoms with Crippen molar-refractivity contribution in [2.45, 2.75) is 6.42 Å². The molecular formula is C19H17N3O. The van der Waals surface area contributed by atoms with E-state index in [0.717, 1.165) is 35.8 Å². The SMILES string of the molecule is COc1ccc(-c2cc(N3CCc4ccccc43)ncn2)cc1. The maximum atomic E-state index is 5.21. The zero-order chi connectivity index (χ0) is 15.6. The second-order valence-corrected chi connectivity index (χ2v) is 5.52. The zero-order valence-corrected chi connectivity index (χ0v) is 12.9. The Bertz CT molecular complexity index is 830. The minimum atomic E-state index is 0.844. The first kappa shape index (κ1) is 13.8. The molecular weight excluding hydrogens is 286 g/mol. The molecule has 0 saturated heterocycles. The molecule has 0 spiro atoms. The van der Waals surface area contributed by atoms with E-state index in [0.29, 0.717) is 0 Å². The Morgan fingerprint density at radius 2 is 1.83 bits per heavy atom. The first-order chi connectivity index (χ1) is 11.3. The van der Waals surface area contributed by atoms with E-state index in [2.05, 4.69) is 39.1 Å². The molecule has 0 N–H and O–H groups in total. The van der Waals surface area contributed by atoms with Gasteiger partial charge in [0.25, 0.3) is 0 Å². The van der Waals surface area contributed by atoms with E-state index in [9.17, 15) is 0 Å². The fraction of sp³-hybridized carbons (Fsp3) is 0.158. The molecule has 0 atom stereocenters. The Labute approximate surface area is 135 Å². The van der Waals surface area contributed by atoms with Crippen LogP contribution in [-0.2, 0) is 6.42 Å². The number of rotatable bonds is 3. The van der Waals surface area contributed by atoms with Gasteiger partial charge in [-0.25, -0.2) is 9.97 Å². The van der Waals surface area contributed by atoms with Crippen LogP contribution in [0.2, 0.25) is 0 Å². The number of para-hydroxylation sites is 1.